The largest absolute Gasteiger partial charge is 0.506 e. The van der Waals surface area contributed by atoms with Crippen LogP contribution < -0.4 is 19.9 Å². The van der Waals surface area contributed by atoms with Crippen molar-refractivity contribution in [3.63, 3.8) is 0 Å². The van der Waals surface area contributed by atoms with E-state index in [0.29, 0.717) is 57.6 Å². The molecule has 1 aliphatic heterocycles. The summed E-state index contributed by atoms with van der Waals surface area (Å²) in [6, 6.07) is 10.2. The SMILES string of the molecule is COc1ccc(Cn2c3c(c(O)c(C(=O)O)c2=O)CCCN(C(=O)OC(C)(C)C)c2cc4c(cc2-3)cc(C=O)n4C)c(OC)c1. The van der Waals surface area contributed by atoms with Crippen LogP contribution >= 0.6 is 0 Å². The molecule has 2 N–H and O–H groups in total. The fraction of sp³-hybridized carbons (Fsp3) is 0.333. The summed E-state index contributed by atoms with van der Waals surface area (Å²) in [6.07, 6.45) is 0.557. The number of aromatic carboxylic acids is 1. The number of ether oxygens (including phenoxy) is 3. The number of hydrogen-bond donors (Lipinski definition) is 2. The van der Waals surface area contributed by atoms with Gasteiger partial charge >= 0.3 is 12.1 Å². The van der Waals surface area contributed by atoms with Crippen LogP contribution in [0.4, 0.5) is 10.5 Å². The number of benzene rings is 2. The summed E-state index contributed by atoms with van der Waals surface area (Å²) in [6.45, 7) is 5.31. The van der Waals surface area contributed by atoms with Gasteiger partial charge in [-0.15, -0.1) is 0 Å². The van der Waals surface area contributed by atoms with Gasteiger partial charge in [0.25, 0.3) is 5.56 Å². The van der Waals surface area contributed by atoms with Gasteiger partial charge in [-0.25, -0.2) is 9.59 Å². The maximum Gasteiger partial charge on any atom is 0.414 e. The molecule has 0 atom stereocenters. The number of aryl methyl sites for hydroxylation is 1. The first kappa shape index (κ1) is 31.2. The lowest BCUT2D eigenvalue weighted by molar-refractivity contribution is 0.0579. The first-order valence-corrected chi connectivity index (χ1v) is 14.3. The van der Waals surface area contributed by atoms with Gasteiger partial charge in [0, 0.05) is 41.7 Å². The summed E-state index contributed by atoms with van der Waals surface area (Å²) in [7, 11) is 4.70. The highest BCUT2D eigenvalue weighted by molar-refractivity contribution is 6.02. The van der Waals surface area contributed by atoms with Crippen LogP contribution in [0.15, 0.2) is 41.2 Å². The number of aromatic hydroxyl groups is 1. The van der Waals surface area contributed by atoms with E-state index in [0.717, 1.165) is 0 Å². The first-order valence-electron chi connectivity index (χ1n) is 14.3. The molecule has 3 heterocycles. The lowest BCUT2D eigenvalue weighted by Crippen LogP contribution is -2.39. The molecule has 4 aromatic rings. The number of carboxylic acids is 1. The minimum absolute atomic E-state index is 0.132. The fourth-order valence-corrected chi connectivity index (χ4v) is 5.77. The van der Waals surface area contributed by atoms with E-state index in [9.17, 15) is 29.4 Å². The van der Waals surface area contributed by atoms with Crippen molar-refractivity contribution in [1.82, 2.24) is 9.13 Å². The van der Waals surface area contributed by atoms with Crippen molar-refractivity contribution in [3.8, 4) is 28.5 Å². The number of hydrogen-bond acceptors (Lipinski definition) is 8. The number of aromatic nitrogens is 2. The van der Waals surface area contributed by atoms with E-state index in [1.807, 2.05) is 0 Å². The Bertz CT molecular complexity index is 1910. The van der Waals surface area contributed by atoms with E-state index in [1.165, 1.54) is 23.7 Å². The third-order valence-corrected chi connectivity index (χ3v) is 7.86. The number of fused-ring (bicyclic) bond motifs is 4. The summed E-state index contributed by atoms with van der Waals surface area (Å²) >= 11 is 0. The number of aldehydes is 1. The second kappa shape index (κ2) is 11.7. The molecule has 0 radical (unpaired) electrons. The lowest BCUT2D eigenvalue weighted by atomic mass is 9.93. The molecule has 2 aromatic carbocycles. The molecule has 0 saturated carbocycles. The standard InChI is InChI=1S/C33H35N3O9/c1-33(2,3)45-32(42)35-11-7-8-22-28(23-13-19-12-20(17-37)34(4)24(19)15-25(23)35)36(30(39)27(29(22)38)31(40)41)16-18-9-10-21(43-5)14-26(18)44-6/h9-10,12-15,17,38H,7-8,11,16H2,1-6H3,(H,40,41). The van der Waals surface area contributed by atoms with E-state index in [4.69, 9.17) is 14.2 Å². The molecule has 5 rings (SSSR count). The Balaban J connectivity index is 1.89. The topological polar surface area (TPSA) is 150 Å². The predicted molar refractivity (Wildman–Crippen MR) is 167 cm³/mol. The normalized spacial score (nSPS) is 13.0. The second-order valence-electron chi connectivity index (χ2n) is 11.8. The molecule has 12 heteroatoms. The van der Waals surface area contributed by atoms with Gasteiger partial charge < -0.3 is 33.6 Å². The number of carboxylic acid groups (broad SMARTS) is 1. The summed E-state index contributed by atoms with van der Waals surface area (Å²) in [4.78, 5) is 53.3. The van der Waals surface area contributed by atoms with Gasteiger partial charge in [-0.05, 0) is 63.9 Å². The zero-order valence-corrected chi connectivity index (χ0v) is 26.0. The van der Waals surface area contributed by atoms with Gasteiger partial charge in [0.2, 0.25) is 0 Å². The number of carbonyl (C=O) groups excluding carboxylic acids is 2. The van der Waals surface area contributed by atoms with Crippen LogP contribution in [-0.2, 0) is 24.8 Å². The number of methoxy groups -OCH3 is 2. The Morgan fingerprint density at radius 1 is 1.07 bits per heavy atom. The van der Waals surface area contributed by atoms with Gasteiger partial charge in [0.15, 0.2) is 11.8 Å². The van der Waals surface area contributed by atoms with Gasteiger partial charge in [-0.1, -0.05) is 0 Å². The molecule has 12 nitrogen and oxygen atoms in total. The Morgan fingerprint density at radius 3 is 2.42 bits per heavy atom. The first-order chi connectivity index (χ1) is 21.3. The van der Waals surface area contributed by atoms with E-state index in [2.05, 4.69) is 0 Å². The Kier molecular flexibility index (Phi) is 8.09. The van der Waals surface area contributed by atoms with Gasteiger partial charge in [-0.3, -0.25) is 14.5 Å². The molecule has 0 aliphatic carbocycles. The van der Waals surface area contributed by atoms with Gasteiger partial charge in [0.05, 0.1) is 43.4 Å². The zero-order chi connectivity index (χ0) is 32.8. The summed E-state index contributed by atoms with van der Waals surface area (Å²) in [5, 5.41) is 22.0. The highest BCUT2D eigenvalue weighted by Gasteiger charge is 2.33. The van der Waals surface area contributed by atoms with Crippen LogP contribution in [-0.4, -0.2) is 64.1 Å². The van der Waals surface area contributed by atoms with Crippen molar-refractivity contribution in [1.29, 1.82) is 0 Å². The molecular weight excluding hydrogens is 582 g/mol. The monoisotopic (exact) mass is 617 g/mol. The lowest BCUT2D eigenvalue weighted by Gasteiger charge is -2.32. The van der Waals surface area contributed by atoms with Crippen LogP contribution in [0, 0.1) is 0 Å². The maximum absolute atomic E-state index is 14.0. The average Bonchev–Trinajstić information content (AvgIpc) is 3.28. The molecule has 0 spiro atoms. The molecule has 1 amide bonds. The summed E-state index contributed by atoms with van der Waals surface area (Å²) < 4.78 is 19.6. The molecule has 236 valence electrons. The minimum Gasteiger partial charge on any atom is -0.506 e. The highest BCUT2D eigenvalue weighted by Crippen LogP contribution is 2.43. The quantitative estimate of drug-likeness (QED) is 0.286. The summed E-state index contributed by atoms with van der Waals surface area (Å²) in [5.74, 6) is -1.28. The van der Waals surface area contributed by atoms with Crippen molar-refractivity contribution >= 4 is 34.9 Å². The van der Waals surface area contributed by atoms with Gasteiger partial charge in [0.1, 0.15) is 22.8 Å². The number of rotatable bonds is 6. The van der Waals surface area contributed by atoms with Crippen LogP contribution in [0.1, 0.15) is 59.2 Å². The van der Waals surface area contributed by atoms with Crippen molar-refractivity contribution in [2.75, 3.05) is 25.7 Å². The maximum atomic E-state index is 14.0. The van der Waals surface area contributed by atoms with Crippen molar-refractivity contribution < 1.29 is 38.8 Å². The van der Waals surface area contributed by atoms with Crippen molar-refractivity contribution in [3.05, 3.63) is 69.1 Å². The van der Waals surface area contributed by atoms with E-state index < -0.39 is 34.5 Å². The number of carbonyl (C=O) groups is 3. The van der Waals surface area contributed by atoms with Crippen molar-refractivity contribution in [2.24, 2.45) is 7.05 Å². The minimum atomic E-state index is -1.57. The molecular formula is C33H35N3O9. The van der Waals surface area contributed by atoms with E-state index >= 15 is 0 Å². The van der Waals surface area contributed by atoms with Crippen LogP contribution in [0.3, 0.4) is 0 Å². The van der Waals surface area contributed by atoms with E-state index in [-0.39, 0.29) is 30.8 Å². The predicted octanol–water partition coefficient (Wildman–Crippen LogP) is 4.98. The molecule has 0 fully saturated rings. The van der Waals surface area contributed by atoms with Crippen LogP contribution in [0.25, 0.3) is 22.2 Å². The Labute approximate surface area is 259 Å². The molecule has 0 saturated heterocycles. The second-order valence-corrected chi connectivity index (χ2v) is 11.8. The molecule has 45 heavy (non-hydrogen) atoms. The highest BCUT2D eigenvalue weighted by atomic mass is 16.6. The molecule has 2 aromatic heterocycles. The third-order valence-electron chi connectivity index (χ3n) is 7.86. The fourth-order valence-electron chi connectivity index (χ4n) is 5.77. The molecule has 0 bridgehead atoms. The molecule has 0 unspecified atom stereocenters. The van der Waals surface area contributed by atoms with Crippen molar-refractivity contribution in [2.45, 2.75) is 45.8 Å². The van der Waals surface area contributed by atoms with Gasteiger partial charge in [-0.2, -0.15) is 0 Å². The number of pyridine rings is 1. The average molecular weight is 618 g/mol. The zero-order valence-electron chi connectivity index (χ0n) is 26.0. The Hall–Kier alpha value is -5.26. The number of anilines is 1. The smallest absolute Gasteiger partial charge is 0.414 e. The third kappa shape index (κ3) is 5.59. The van der Waals surface area contributed by atoms with E-state index in [1.54, 1.807) is 68.8 Å². The summed E-state index contributed by atoms with van der Waals surface area (Å²) in [5.41, 5.74) is 0.305. The van der Waals surface area contributed by atoms with Crippen LogP contribution in [0.5, 0.6) is 17.2 Å². The molecule has 1 aliphatic rings. The van der Waals surface area contributed by atoms with Crippen LogP contribution in [0.2, 0.25) is 0 Å². The number of nitrogens with zero attached hydrogens (tertiary/aromatic N) is 3. The Morgan fingerprint density at radius 2 is 1.80 bits per heavy atom. The number of amides is 1.